The highest BCUT2D eigenvalue weighted by Gasteiger charge is 2.26. The molecule has 4 rings (SSSR count). The van der Waals surface area contributed by atoms with Crippen molar-refractivity contribution in [3.63, 3.8) is 0 Å². The van der Waals surface area contributed by atoms with Crippen LogP contribution in [0.3, 0.4) is 0 Å². The number of nitrogens with zero attached hydrogens (tertiary/aromatic N) is 4. The Morgan fingerprint density at radius 2 is 1.66 bits per heavy atom. The van der Waals surface area contributed by atoms with Crippen LogP contribution in [0.5, 0.6) is 0 Å². The first-order valence-corrected chi connectivity index (χ1v) is 11.2. The van der Waals surface area contributed by atoms with Crippen molar-refractivity contribution in [1.29, 1.82) is 0 Å². The summed E-state index contributed by atoms with van der Waals surface area (Å²) in [5, 5.41) is 1.18. The molecular formula is C24H29BrN4. The van der Waals surface area contributed by atoms with Gasteiger partial charge in [0, 0.05) is 23.3 Å². The third-order valence-corrected chi connectivity index (χ3v) is 6.83. The average Bonchev–Trinajstić information content (AvgIpc) is 2.92. The maximum absolute atomic E-state index is 5.90. The Hall–Kier alpha value is -1.88. The van der Waals surface area contributed by atoms with E-state index in [2.05, 4.69) is 65.2 Å². The number of fused-ring (bicyclic) bond motifs is 1. The molecule has 1 fully saturated rings. The maximum Gasteiger partial charge on any atom is 0.150 e. The number of benzene rings is 1. The number of anilines is 1. The quantitative estimate of drug-likeness (QED) is 0.485. The number of halogens is 1. The zero-order valence-corrected chi connectivity index (χ0v) is 19.6. The van der Waals surface area contributed by atoms with Crippen molar-refractivity contribution in [3.05, 3.63) is 51.7 Å². The molecule has 1 saturated heterocycles. The van der Waals surface area contributed by atoms with Crippen LogP contribution >= 0.6 is 15.9 Å². The lowest BCUT2D eigenvalue weighted by Crippen LogP contribution is -2.34. The first-order valence-electron chi connectivity index (χ1n) is 10.4. The van der Waals surface area contributed by atoms with Crippen LogP contribution in [0.25, 0.3) is 16.7 Å². The summed E-state index contributed by atoms with van der Waals surface area (Å²) in [5.41, 5.74) is 7.19. The van der Waals surface area contributed by atoms with Crippen LogP contribution in [-0.4, -0.2) is 27.6 Å². The molecule has 5 heteroatoms. The molecule has 4 nitrogen and oxygen atoms in total. The number of hydrogen-bond donors (Lipinski definition) is 0. The molecule has 0 atom stereocenters. The van der Waals surface area contributed by atoms with Crippen molar-refractivity contribution in [2.75, 3.05) is 18.0 Å². The molecule has 0 spiro atoms. The molecular weight excluding hydrogens is 424 g/mol. The molecule has 0 aliphatic carbocycles. The highest BCUT2D eigenvalue weighted by atomic mass is 79.9. The Kier molecular flexibility index (Phi) is 5.45. The SMILES string of the molecule is [CH]CC1CCN(c2nc(C)nc3c2c(C)c(C)n3-c2c(C)cc(Br)cc2C)CC1. The molecule has 0 saturated carbocycles. The Bertz CT molecular complexity index is 1050. The minimum Gasteiger partial charge on any atom is -0.356 e. The van der Waals surface area contributed by atoms with E-state index in [-0.39, 0.29) is 0 Å². The van der Waals surface area contributed by atoms with Gasteiger partial charge >= 0.3 is 0 Å². The highest BCUT2D eigenvalue weighted by Crippen LogP contribution is 2.37. The molecule has 0 unspecified atom stereocenters. The smallest absolute Gasteiger partial charge is 0.150 e. The lowest BCUT2D eigenvalue weighted by atomic mass is 9.94. The first kappa shape index (κ1) is 20.4. The van der Waals surface area contributed by atoms with E-state index in [4.69, 9.17) is 16.9 Å². The zero-order chi connectivity index (χ0) is 20.9. The molecule has 2 radical (unpaired) electrons. The minimum atomic E-state index is 0.630. The second kappa shape index (κ2) is 7.75. The topological polar surface area (TPSA) is 34.0 Å². The van der Waals surface area contributed by atoms with Crippen LogP contribution in [0.4, 0.5) is 5.82 Å². The third-order valence-electron chi connectivity index (χ3n) is 6.37. The average molecular weight is 453 g/mol. The van der Waals surface area contributed by atoms with E-state index < -0.39 is 0 Å². The lowest BCUT2D eigenvalue weighted by molar-refractivity contribution is 0.407. The number of rotatable bonds is 3. The monoisotopic (exact) mass is 452 g/mol. The van der Waals surface area contributed by atoms with Crippen LogP contribution in [0.15, 0.2) is 16.6 Å². The predicted octanol–water partition coefficient (Wildman–Crippen LogP) is 6.04. The second-order valence-corrected chi connectivity index (χ2v) is 9.31. The van der Waals surface area contributed by atoms with E-state index in [1.807, 2.05) is 6.92 Å². The maximum atomic E-state index is 5.90. The normalized spacial score (nSPS) is 15.5. The Morgan fingerprint density at radius 1 is 1.03 bits per heavy atom. The van der Waals surface area contributed by atoms with Gasteiger partial charge in [0.2, 0.25) is 0 Å². The second-order valence-electron chi connectivity index (χ2n) is 8.39. The van der Waals surface area contributed by atoms with Crippen molar-refractivity contribution in [2.45, 2.75) is 53.9 Å². The van der Waals surface area contributed by atoms with Crippen LogP contribution in [0, 0.1) is 47.5 Å². The molecule has 3 aromatic rings. The van der Waals surface area contributed by atoms with Gasteiger partial charge in [0.1, 0.15) is 11.6 Å². The van der Waals surface area contributed by atoms with Crippen LogP contribution in [0.2, 0.25) is 0 Å². The van der Waals surface area contributed by atoms with Crippen molar-refractivity contribution in [2.24, 2.45) is 5.92 Å². The molecule has 0 N–H and O–H groups in total. The van der Waals surface area contributed by atoms with Crippen LogP contribution < -0.4 is 4.90 Å². The number of aryl methyl sites for hydroxylation is 4. The van der Waals surface area contributed by atoms with Gasteiger partial charge in [0.15, 0.2) is 5.65 Å². The van der Waals surface area contributed by atoms with Gasteiger partial charge in [-0.1, -0.05) is 15.9 Å². The van der Waals surface area contributed by atoms with Gasteiger partial charge in [-0.3, -0.25) is 4.57 Å². The fourth-order valence-corrected chi connectivity index (χ4v) is 5.37. The first-order chi connectivity index (χ1) is 13.8. The molecule has 152 valence electrons. The van der Waals surface area contributed by atoms with Crippen molar-refractivity contribution < 1.29 is 0 Å². The van der Waals surface area contributed by atoms with Gasteiger partial charge in [0.25, 0.3) is 0 Å². The van der Waals surface area contributed by atoms with Gasteiger partial charge in [-0.2, -0.15) is 0 Å². The van der Waals surface area contributed by atoms with E-state index in [0.29, 0.717) is 5.92 Å². The number of aromatic nitrogens is 3. The van der Waals surface area contributed by atoms with E-state index in [0.717, 1.165) is 54.1 Å². The fourth-order valence-electron chi connectivity index (χ4n) is 4.69. The minimum absolute atomic E-state index is 0.630. The zero-order valence-electron chi connectivity index (χ0n) is 18.0. The molecule has 2 aromatic heterocycles. The molecule has 1 aliphatic heterocycles. The van der Waals surface area contributed by atoms with Gasteiger partial charge < -0.3 is 4.90 Å². The van der Waals surface area contributed by atoms with Crippen molar-refractivity contribution >= 4 is 32.8 Å². The van der Waals surface area contributed by atoms with E-state index >= 15 is 0 Å². The van der Waals surface area contributed by atoms with E-state index in [9.17, 15) is 0 Å². The molecule has 1 aromatic carbocycles. The highest BCUT2D eigenvalue weighted by molar-refractivity contribution is 9.10. The number of piperidine rings is 1. The van der Waals surface area contributed by atoms with Crippen molar-refractivity contribution in [1.82, 2.24) is 14.5 Å². The summed E-state index contributed by atoms with van der Waals surface area (Å²) in [6.07, 6.45) is 3.04. The Morgan fingerprint density at radius 3 is 2.24 bits per heavy atom. The summed E-state index contributed by atoms with van der Waals surface area (Å²) in [6, 6.07) is 4.35. The van der Waals surface area contributed by atoms with Gasteiger partial charge in [-0.15, -0.1) is 0 Å². The largest absolute Gasteiger partial charge is 0.356 e. The summed E-state index contributed by atoms with van der Waals surface area (Å²) < 4.78 is 3.43. The molecule has 29 heavy (non-hydrogen) atoms. The standard InChI is InChI=1S/C24H29BrN4/c1-7-19-8-10-28(11-9-19)23-21-16(4)17(5)29(24(21)27-18(6)26-23)22-14(2)12-20(25)13-15(22)3/h1,12-13,19H,7-11H2,2-6H3. The summed E-state index contributed by atoms with van der Waals surface area (Å²) in [6.45, 7) is 18.6. The lowest BCUT2D eigenvalue weighted by Gasteiger charge is -2.33. The Balaban J connectivity index is 1.94. The number of hydrogen-bond acceptors (Lipinski definition) is 3. The summed E-state index contributed by atoms with van der Waals surface area (Å²) in [5.74, 6) is 2.53. The summed E-state index contributed by atoms with van der Waals surface area (Å²) in [7, 11) is 0. The summed E-state index contributed by atoms with van der Waals surface area (Å²) >= 11 is 3.63. The summed E-state index contributed by atoms with van der Waals surface area (Å²) in [4.78, 5) is 12.3. The van der Waals surface area contributed by atoms with Gasteiger partial charge in [-0.05, 0) is 95.5 Å². The molecule has 0 bridgehead atoms. The Labute approximate surface area is 182 Å². The predicted molar refractivity (Wildman–Crippen MR) is 124 cm³/mol. The molecule has 0 amide bonds. The van der Waals surface area contributed by atoms with Gasteiger partial charge in [0.05, 0.1) is 11.1 Å². The van der Waals surface area contributed by atoms with Crippen LogP contribution in [0.1, 0.15) is 47.5 Å². The van der Waals surface area contributed by atoms with Crippen LogP contribution in [-0.2, 0) is 0 Å². The molecule has 1 aliphatic rings. The fraction of sp³-hybridized carbons (Fsp3) is 0.458. The third kappa shape index (κ3) is 3.48. The van der Waals surface area contributed by atoms with E-state index in [1.54, 1.807) is 0 Å². The van der Waals surface area contributed by atoms with Gasteiger partial charge in [-0.25, -0.2) is 9.97 Å². The van der Waals surface area contributed by atoms with E-state index in [1.165, 1.54) is 33.5 Å². The van der Waals surface area contributed by atoms with Crippen molar-refractivity contribution in [3.8, 4) is 5.69 Å². The molecule has 3 heterocycles.